The van der Waals surface area contributed by atoms with Crippen molar-refractivity contribution in [3.8, 4) is 5.75 Å². The monoisotopic (exact) mass is 363 g/mol. The molecule has 22 heavy (non-hydrogen) atoms. The largest absolute Gasteiger partial charge is 0.492 e. The molecule has 0 spiro atoms. The number of rotatable bonds is 6. The summed E-state index contributed by atoms with van der Waals surface area (Å²) in [6.07, 6.45) is 0.860. The van der Waals surface area contributed by atoms with Crippen molar-refractivity contribution < 1.29 is 9.53 Å². The highest BCUT2D eigenvalue weighted by molar-refractivity contribution is 7.80. The molecule has 5 nitrogen and oxygen atoms in total. The molecule has 1 aromatic rings. The third kappa shape index (κ3) is 7.68. The molecule has 0 aliphatic carbocycles. The van der Waals surface area contributed by atoms with E-state index in [2.05, 4.69) is 16.2 Å². The molecule has 0 bridgehead atoms. The third-order valence-electron chi connectivity index (χ3n) is 2.43. The molecule has 1 aromatic carbocycles. The maximum atomic E-state index is 11.6. The Labute approximate surface area is 145 Å². The SMILES string of the molecule is CC(C)NC(=S)NNC(=O)CCCOc1ccc(Cl)cc1Cl. The second-order valence-electron chi connectivity index (χ2n) is 4.83. The van der Waals surface area contributed by atoms with Crippen LogP contribution < -0.4 is 20.9 Å². The highest BCUT2D eigenvalue weighted by Gasteiger charge is 2.05. The van der Waals surface area contributed by atoms with Gasteiger partial charge in [0.1, 0.15) is 5.75 Å². The number of hydrogen-bond acceptors (Lipinski definition) is 3. The zero-order valence-electron chi connectivity index (χ0n) is 12.4. The van der Waals surface area contributed by atoms with Crippen LogP contribution in [0.1, 0.15) is 26.7 Å². The van der Waals surface area contributed by atoms with Crippen molar-refractivity contribution in [1.29, 1.82) is 0 Å². The number of carbonyl (C=O) groups is 1. The second kappa shape index (κ2) is 9.71. The Morgan fingerprint density at radius 1 is 1.32 bits per heavy atom. The van der Waals surface area contributed by atoms with Crippen molar-refractivity contribution in [1.82, 2.24) is 16.2 Å². The molecule has 0 aliphatic heterocycles. The Morgan fingerprint density at radius 3 is 2.68 bits per heavy atom. The predicted molar refractivity (Wildman–Crippen MR) is 93.3 cm³/mol. The Kier molecular flexibility index (Phi) is 8.30. The van der Waals surface area contributed by atoms with Gasteiger partial charge in [-0.3, -0.25) is 15.6 Å². The van der Waals surface area contributed by atoms with Crippen molar-refractivity contribution >= 4 is 46.4 Å². The number of thiocarbonyl (C=S) groups is 1. The molecular formula is C14H19Cl2N3O2S. The van der Waals surface area contributed by atoms with Crippen molar-refractivity contribution in [2.45, 2.75) is 32.7 Å². The van der Waals surface area contributed by atoms with Gasteiger partial charge in [0.25, 0.3) is 0 Å². The molecule has 8 heteroatoms. The van der Waals surface area contributed by atoms with Crippen LogP contribution >= 0.6 is 35.4 Å². The summed E-state index contributed by atoms with van der Waals surface area (Å²) in [5, 5.41) is 4.33. The van der Waals surface area contributed by atoms with E-state index in [1.54, 1.807) is 18.2 Å². The molecule has 1 amide bonds. The maximum Gasteiger partial charge on any atom is 0.238 e. The van der Waals surface area contributed by atoms with Gasteiger partial charge in [-0.2, -0.15) is 0 Å². The van der Waals surface area contributed by atoms with Crippen molar-refractivity contribution in [2.24, 2.45) is 0 Å². The topological polar surface area (TPSA) is 62.4 Å². The first-order chi connectivity index (χ1) is 10.4. The van der Waals surface area contributed by atoms with Gasteiger partial charge in [0, 0.05) is 17.5 Å². The molecule has 1 rings (SSSR count). The highest BCUT2D eigenvalue weighted by Crippen LogP contribution is 2.27. The van der Waals surface area contributed by atoms with Gasteiger partial charge in [-0.15, -0.1) is 0 Å². The fourth-order valence-corrected chi connectivity index (χ4v) is 2.24. The van der Waals surface area contributed by atoms with Crippen LogP contribution in [0.5, 0.6) is 5.75 Å². The summed E-state index contributed by atoms with van der Waals surface area (Å²) in [6.45, 7) is 4.29. The minimum absolute atomic E-state index is 0.168. The molecule has 0 heterocycles. The number of ether oxygens (including phenoxy) is 1. The number of amides is 1. The van der Waals surface area contributed by atoms with Crippen LogP contribution in [0.25, 0.3) is 0 Å². The summed E-state index contributed by atoms with van der Waals surface area (Å²) in [6, 6.07) is 5.21. The number of hydrazine groups is 1. The van der Waals surface area contributed by atoms with Gasteiger partial charge < -0.3 is 10.1 Å². The molecule has 0 saturated heterocycles. The summed E-state index contributed by atoms with van der Waals surface area (Å²) in [7, 11) is 0. The quantitative estimate of drug-likeness (QED) is 0.411. The minimum Gasteiger partial charge on any atom is -0.492 e. The molecule has 0 aromatic heterocycles. The van der Waals surface area contributed by atoms with Gasteiger partial charge in [-0.25, -0.2) is 0 Å². The molecular weight excluding hydrogens is 345 g/mol. The molecule has 0 aliphatic rings. The van der Waals surface area contributed by atoms with Gasteiger partial charge in [0.05, 0.1) is 11.6 Å². The van der Waals surface area contributed by atoms with E-state index in [0.717, 1.165) is 0 Å². The second-order valence-corrected chi connectivity index (χ2v) is 6.08. The lowest BCUT2D eigenvalue weighted by molar-refractivity contribution is -0.121. The molecule has 0 unspecified atom stereocenters. The number of nitrogens with one attached hydrogen (secondary N) is 3. The first-order valence-corrected chi connectivity index (χ1v) is 7.98. The molecule has 0 saturated carbocycles. The minimum atomic E-state index is -0.168. The Balaban J connectivity index is 2.18. The van der Waals surface area contributed by atoms with Crippen molar-refractivity contribution in [2.75, 3.05) is 6.61 Å². The van der Waals surface area contributed by atoms with Gasteiger partial charge in [0.2, 0.25) is 5.91 Å². The smallest absolute Gasteiger partial charge is 0.238 e. The highest BCUT2D eigenvalue weighted by atomic mass is 35.5. The van der Waals surface area contributed by atoms with E-state index in [4.69, 9.17) is 40.2 Å². The van der Waals surface area contributed by atoms with Crippen LogP contribution in [0, 0.1) is 0 Å². The van der Waals surface area contributed by atoms with E-state index in [0.29, 0.717) is 40.4 Å². The first kappa shape index (κ1) is 18.8. The van der Waals surface area contributed by atoms with E-state index < -0.39 is 0 Å². The maximum absolute atomic E-state index is 11.6. The van der Waals surface area contributed by atoms with Crippen LogP contribution in [0.3, 0.4) is 0 Å². The average Bonchev–Trinajstić information content (AvgIpc) is 2.42. The molecule has 3 N–H and O–H groups in total. The number of carbonyl (C=O) groups excluding carboxylic acids is 1. The van der Waals surface area contributed by atoms with Crippen LogP contribution in [0.2, 0.25) is 10.0 Å². The normalized spacial score (nSPS) is 10.2. The summed E-state index contributed by atoms with van der Waals surface area (Å²) in [4.78, 5) is 11.6. The summed E-state index contributed by atoms with van der Waals surface area (Å²) in [5.41, 5.74) is 5.15. The summed E-state index contributed by atoms with van der Waals surface area (Å²) >= 11 is 16.8. The van der Waals surface area contributed by atoms with Gasteiger partial charge >= 0.3 is 0 Å². The van der Waals surface area contributed by atoms with E-state index in [1.807, 2.05) is 13.8 Å². The summed E-state index contributed by atoms with van der Waals surface area (Å²) in [5.74, 6) is 0.380. The number of hydrogen-bond donors (Lipinski definition) is 3. The fraction of sp³-hybridized carbons (Fsp3) is 0.429. The summed E-state index contributed by atoms with van der Waals surface area (Å²) < 4.78 is 5.49. The molecule has 122 valence electrons. The average molecular weight is 364 g/mol. The fourth-order valence-electron chi connectivity index (χ4n) is 1.49. The van der Waals surface area contributed by atoms with Crippen molar-refractivity contribution in [3.05, 3.63) is 28.2 Å². The number of benzene rings is 1. The van der Waals surface area contributed by atoms with E-state index in [9.17, 15) is 4.79 Å². The lowest BCUT2D eigenvalue weighted by atomic mass is 10.3. The van der Waals surface area contributed by atoms with Crippen LogP contribution in [0.15, 0.2) is 18.2 Å². The van der Waals surface area contributed by atoms with E-state index in [-0.39, 0.29) is 11.9 Å². The van der Waals surface area contributed by atoms with Gasteiger partial charge in [0.15, 0.2) is 5.11 Å². The first-order valence-electron chi connectivity index (χ1n) is 6.81. The molecule has 0 fully saturated rings. The Morgan fingerprint density at radius 2 is 2.05 bits per heavy atom. The number of halogens is 2. The van der Waals surface area contributed by atoms with E-state index >= 15 is 0 Å². The van der Waals surface area contributed by atoms with Gasteiger partial charge in [-0.05, 0) is 50.7 Å². The predicted octanol–water partition coefficient (Wildman–Crippen LogP) is 3.06. The zero-order valence-corrected chi connectivity index (χ0v) is 14.7. The lowest BCUT2D eigenvalue weighted by Gasteiger charge is -2.13. The van der Waals surface area contributed by atoms with Crippen molar-refractivity contribution in [3.63, 3.8) is 0 Å². The molecule has 0 radical (unpaired) electrons. The standard InChI is InChI=1S/C14H19Cl2N3O2S/c1-9(2)17-14(22)19-18-13(20)4-3-7-21-12-6-5-10(15)8-11(12)16/h5-6,8-9H,3-4,7H2,1-2H3,(H,18,20)(H2,17,19,22). The lowest BCUT2D eigenvalue weighted by Crippen LogP contribution is -2.48. The molecule has 0 atom stereocenters. The van der Waals surface area contributed by atoms with Crippen LogP contribution in [0.4, 0.5) is 0 Å². The Hall–Kier alpha value is -1.24. The van der Waals surface area contributed by atoms with Gasteiger partial charge in [-0.1, -0.05) is 23.2 Å². The van der Waals surface area contributed by atoms with Crippen LogP contribution in [-0.4, -0.2) is 23.7 Å². The zero-order chi connectivity index (χ0) is 16.5. The van der Waals surface area contributed by atoms with Crippen LogP contribution in [-0.2, 0) is 4.79 Å². The van der Waals surface area contributed by atoms with E-state index in [1.165, 1.54) is 0 Å². The third-order valence-corrected chi connectivity index (χ3v) is 3.19. The Bertz CT molecular complexity index is 527.